The Kier molecular flexibility index (Phi) is 4.89. The van der Waals surface area contributed by atoms with Crippen LogP contribution in [-0.2, 0) is 0 Å². The summed E-state index contributed by atoms with van der Waals surface area (Å²) < 4.78 is 5.18. The lowest BCUT2D eigenvalue weighted by atomic mass is 10.2. The van der Waals surface area contributed by atoms with E-state index in [9.17, 15) is 4.79 Å². The minimum absolute atomic E-state index is 0.123. The number of benzene rings is 1. The van der Waals surface area contributed by atoms with Gasteiger partial charge < -0.3 is 20.3 Å². The van der Waals surface area contributed by atoms with Gasteiger partial charge in [0.05, 0.1) is 18.7 Å². The number of nitrogens with zero attached hydrogens (tertiary/aromatic N) is 2. The second-order valence-electron chi connectivity index (χ2n) is 4.75. The molecule has 2 rings (SSSR count). The minimum atomic E-state index is -0.405. The van der Waals surface area contributed by atoms with Crippen molar-refractivity contribution in [2.24, 2.45) is 0 Å². The summed E-state index contributed by atoms with van der Waals surface area (Å²) in [5.74, 6) is 0.795. The van der Waals surface area contributed by atoms with Crippen LogP contribution < -0.4 is 10.6 Å². The van der Waals surface area contributed by atoms with Gasteiger partial charge in [0.2, 0.25) is 0 Å². The average molecular weight is 290 g/mol. The molecule has 7 nitrogen and oxygen atoms in total. The first-order valence-electron chi connectivity index (χ1n) is 6.67. The molecule has 1 aromatic carbocycles. The Balaban J connectivity index is 1.99. The average Bonchev–Trinajstić information content (AvgIpc) is 2.97. The quantitative estimate of drug-likeness (QED) is 0.774. The number of carbonyl (C=O) groups is 1. The van der Waals surface area contributed by atoms with E-state index in [4.69, 9.17) is 9.63 Å². The Bertz CT molecular complexity index is 585. The second-order valence-corrected chi connectivity index (χ2v) is 4.75. The molecule has 0 bridgehead atoms. The maximum atomic E-state index is 11.7. The van der Waals surface area contributed by atoms with Crippen molar-refractivity contribution in [3.63, 3.8) is 0 Å². The molecule has 2 unspecified atom stereocenters. The van der Waals surface area contributed by atoms with Crippen LogP contribution in [0.25, 0.3) is 11.5 Å². The van der Waals surface area contributed by atoms with Gasteiger partial charge in [-0.05, 0) is 26.0 Å². The van der Waals surface area contributed by atoms with Crippen LogP contribution in [-0.4, -0.2) is 33.9 Å². The molecule has 0 aliphatic rings. The summed E-state index contributed by atoms with van der Waals surface area (Å²) in [4.78, 5) is 15.9. The fourth-order valence-electron chi connectivity index (χ4n) is 1.68. The zero-order valence-electron chi connectivity index (χ0n) is 11.9. The van der Waals surface area contributed by atoms with Crippen LogP contribution in [0.1, 0.15) is 25.7 Å². The van der Waals surface area contributed by atoms with Crippen LogP contribution in [0.3, 0.4) is 0 Å². The molecule has 1 aromatic heterocycles. The Hall–Kier alpha value is -2.41. The lowest BCUT2D eigenvalue weighted by Gasteiger charge is -2.14. The number of hydrogen-bond acceptors (Lipinski definition) is 5. The molecule has 3 N–H and O–H groups in total. The van der Waals surface area contributed by atoms with Gasteiger partial charge in [-0.15, -0.1) is 0 Å². The summed E-state index contributed by atoms with van der Waals surface area (Å²) in [6.45, 7) is 3.33. The smallest absolute Gasteiger partial charge is 0.315 e. The minimum Gasteiger partial charge on any atom is -0.394 e. The number of hydrogen-bond donors (Lipinski definition) is 3. The predicted octanol–water partition coefficient (Wildman–Crippen LogP) is 1.48. The second kappa shape index (κ2) is 6.85. The number of carbonyl (C=O) groups excluding carboxylic acids is 1. The van der Waals surface area contributed by atoms with Gasteiger partial charge in [-0.1, -0.05) is 23.4 Å². The highest BCUT2D eigenvalue weighted by Gasteiger charge is 2.17. The fourth-order valence-corrected chi connectivity index (χ4v) is 1.68. The highest BCUT2D eigenvalue weighted by atomic mass is 16.5. The molecule has 1 heterocycles. The molecule has 2 aromatic rings. The van der Waals surface area contributed by atoms with Gasteiger partial charge in [-0.2, -0.15) is 4.98 Å². The summed E-state index contributed by atoms with van der Waals surface area (Å²) in [6, 6.07) is 8.28. The maximum absolute atomic E-state index is 11.7. The van der Waals surface area contributed by atoms with Gasteiger partial charge in [0.15, 0.2) is 5.82 Å². The fraction of sp³-hybridized carbons (Fsp3) is 0.357. The molecule has 2 amide bonds. The summed E-state index contributed by atoms with van der Waals surface area (Å²) in [5.41, 5.74) is 0.821. The van der Waals surface area contributed by atoms with Crippen LogP contribution in [0, 0.1) is 0 Å². The third-order valence-corrected chi connectivity index (χ3v) is 2.85. The molecule has 0 radical (unpaired) electrons. The van der Waals surface area contributed by atoms with Gasteiger partial charge in [0.1, 0.15) is 0 Å². The SMILES string of the molecule is CC(CO)NC(=O)NC(C)c1noc(-c2ccccc2)n1. The predicted molar refractivity (Wildman–Crippen MR) is 76.4 cm³/mol. The van der Waals surface area contributed by atoms with Crippen molar-refractivity contribution < 1.29 is 14.4 Å². The highest BCUT2D eigenvalue weighted by Crippen LogP contribution is 2.18. The third kappa shape index (κ3) is 4.03. The number of urea groups is 1. The van der Waals surface area contributed by atoms with Gasteiger partial charge in [-0.3, -0.25) is 0 Å². The largest absolute Gasteiger partial charge is 0.394 e. The Morgan fingerprint density at radius 3 is 2.67 bits per heavy atom. The number of aliphatic hydroxyl groups is 1. The lowest BCUT2D eigenvalue weighted by molar-refractivity contribution is 0.217. The van der Waals surface area contributed by atoms with E-state index in [1.165, 1.54) is 0 Å². The molecule has 21 heavy (non-hydrogen) atoms. The normalized spacial score (nSPS) is 13.5. The molecule has 0 fully saturated rings. The summed E-state index contributed by atoms with van der Waals surface area (Å²) in [6.07, 6.45) is 0. The summed E-state index contributed by atoms with van der Waals surface area (Å²) >= 11 is 0. The summed E-state index contributed by atoms with van der Waals surface area (Å²) in [7, 11) is 0. The number of rotatable bonds is 5. The Morgan fingerprint density at radius 2 is 2.00 bits per heavy atom. The molecule has 0 spiro atoms. The molecule has 112 valence electrons. The van der Waals surface area contributed by atoms with Crippen LogP contribution in [0.5, 0.6) is 0 Å². The van der Waals surface area contributed by atoms with E-state index in [1.54, 1.807) is 13.8 Å². The van der Waals surface area contributed by atoms with Crippen molar-refractivity contribution in [2.45, 2.75) is 25.9 Å². The van der Waals surface area contributed by atoms with E-state index in [2.05, 4.69) is 20.8 Å². The van der Waals surface area contributed by atoms with Gasteiger partial charge in [0.25, 0.3) is 5.89 Å². The van der Waals surface area contributed by atoms with Crippen molar-refractivity contribution in [3.05, 3.63) is 36.2 Å². The van der Waals surface area contributed by atoms with Crippen LogP contribution in [0.2, 0.25) is 0 Å². The Morgan fingerprint density at radius 1 is 1.29 bits per heavy atom. The summed E-state index contributed by atoms with van der Waals surface area (Å²) in [5, 5.41) is 18.0. The van der Waals surface area contributed by atoms with Crippen LogP contribution >= 0.6 is 0 Å². The third-order valence-electron chi connectivity index (χ3n) is 2.85. The standard InChI is InChI=1S/C14H18N4O3/c1-9(8-19)15-14(20)16-10(2)12-17-13(21-18-12)11-6-4-3-5-7-11/h3-7,9-10,19H,8H2,1-2H3,(H2,15,16,20). The van der Waals surface area contributed by atoms with Crippen molar-refractivity contribution in [1.29, 1.82) is 0 Å². The van der Waals surface area contributed by atoms with Gasteiger partial charge in [0, 0.05) is 5.56 Å². The molecule has 0 aliphatic carbocycles. The lowest BCUT2D eigenvalue weighted by Crippen LogP contribution is -2.43. The van der Waals surface area contributed by atoms with Crippen LogP contribution in [0.15, 0.2) is 34.9 Å². The maximum Gasteiger partial charge on any atom is 0.315 e. The first-order chi connectivity index (χ1) is 10.1. The zero-order valence-corrected chi connectivity index (χ0v) is 11.9. The molecule has 7 heteroatoms. The molecule has 0 saturated carbocycles. The number of nitrogens with one attached hydrogen (secondary N) is 2. The first kappa shape index (κ1) is 15.0. The number of amides is 2. The van der Waals surface area contributed by atoms with Crippen molar-refractivity contribution in [1.82, 2.24) is 20.8 Å². The zero-order chi connectivity index (χ0) is 15.2. The Labute approximate surface area is 122 Å². The van der Waals surface area contributed by atoms with E-state index in [-0.39, 0.29) is 12.6 Å². The molecule has 2 atom stereocenters. The molecular weight excluding hydrogens is 272 g/mol. The van der Waals surface area contributed by atoms with E-state index in [1.807, 2.05) is 30.3 Å². The van der Waals surface area contributed by atoms with Gasteiger partial charge >= 0.3 is 6.03 Å². The van der Waals surface area contributed by atoms with Gasteiger partial charge in [-0.25, -0.2) is 4.79 Å². The number of aromatic nitrogens is 2. The molecule has 0 aliphatic heterocycles. The van der Waals surface area contributed by atoms with E-state index >= 15 is 0 Å². The van der Waals surface area contributed by atoms with E-state index in [0.29, 0.717) is 11.7 Å². The van der Waals surface area contributed by atoms with E-state index < -0.39 is 12.1 Å². The monoisotopic (exact) mass is 290 g/mol. The van der Waals surface area contributed by atoms with Crippen molar-refractivity contribution in [3.8, 4) is 11.5 Å². The molecular formula is C14H18N4O3. The van der Waals surface area contributed by atoms with E-state index in [0.717, 1.165) is 5.56 Å². The van der Waals surface area contributed by atoms with Crippen molar-refractivity contribution in [2.75, 3.05) is 6.61 Å². The van der Waals surface area contributed by atoms with Crippen LogP contribution in [0.4, 0.5) is 4.79 Å². The first-order valence-corrected chi connectivity index (χ1v) is 6.67. The molecule has 0 saturated heterocycles. The topological polar surface area (TPSA) is 100 Å². The highest BCUT2D eigenvalue weighted by molar-refractivity contribution is 5.74. The number of aliphatic hydroxyl groups excluding tert-OH is 1. The van der Waals surface area contributed by atoms with Crippen molar-refractivity contribution >= 4 is 6.03 Å².